The van der Waals surface area contributed by atoms with Crippen LogP contribution in [0.1, 0.15) is 54.0 Å². The number of fused-ring (bicyclic) bond motifs is 3. The molecule has 1 aromatic heterocycles. The third-order valence-corrected chi connectivity index (χ3v) is 6.68. The lowest BCUT2D eigenvalue weighted by Gasteiger charge is -2.20. The number of esters is 1. The zero-order valence-electron chi connectivity index (χ0n) is 20.5. The van der Waals surface area contributed by atoms with Gasteiger partial charge in [-0.1, -0.05) is 84.9 Å². The second-order valence-electron chi connectivity index (χ2n) is 9.07. The van der Waals surface area contributed by atoms with Crippen LogP contribution in [0.4, 0.5) is 5.69 Å². The van der Waals surface area contributed by atoms with Gasteiger partial charge in [-0.15, -0.1) is 0 Å². The molecular weight excluding hydrogens is 476 g/mol. The summed E-state index contributed by atoms with van der Waals surface area (Å²) in [7, 11) is 0. The van der Waals surface area contributed by atoms with E-state index in [1.54, 1.807) is 31.2 Å². The first-order chi connectivity index (χ1) is 18.5. The van der Waals surface area contributed by atoms with Crippen LogP contribution in [0.2, 0.25) is 0 Å². The van der Waals surface area contributed by atoms with Crippen molar-refractivity contribution in [2.24, 2.45) is 0 Å². The van der Waals surface area contributed by atoms with Gasteiger partial charge in [0.2, 0.25) is 0 Å². The summed E-state index contributed by atoms with van der Waals surface area (Å²) < 4.78 is 5.98. The lowest BCUT2D eigenvalue weighted by Crippen LogP contribution is -2.29. The van der Waals surface area contributed by atoms with E-state index >= 15 is 0 Å². The third-order valence-electron chi connectivity index (χ3n) is 6.68. The molecule has 0 aliphatic carbocycles. The SMILES string of the molecule is Cc1nc2ccccc2c2c1C(=O)N(c1cccc(C(=O)OC(c3ccccc3)c3ccccc3)c1)C2=O. The maximum Gasteiger partial charge on any atom is 0.339 e. The molecule has 1 aliphatic heterocycles. The van der Waals surface area contributed by atoms with Gasteiger partial charge in [0.25, 0.3) is 11.8 Å². The smallest absolute Gasteiger partial charge is 0.339 e. The number of imide groups is 1. The van der Waals surface area contributed by atoms with E-state index in [2.05, 4.69) is 4.98 Å². The molecule has 0 spiro atoms. The summed E-state index contributed by atoms with van der Waals surface area (Å²) in [5, 5.41) is 0.623. The minimum Gasteiger partial charge on any atom is -0.449 e. The van der Waals surface area contributed by atoms with Crippen LogP contribution in [-0.4, -0.2) is 22.8 Å². The number of carbonyl (C=O) groups excluding carboxylic acids is 3. The maximum atomic E-state index is 13.6. The molecule has 184 valence electrons. The standard InChI is InChI=1S/C32H22N2O4/c1-20-27-28(25-17-8-9-18-26(25)33-20)31(36)34(30(27)35)24-16-10-15-23(19-24)32(37)38-29(21-11-4-2-5-12-21)22-13-6-3-7-14-22/h2-19,29H,1H3. The molecule has 2 heterocycles. The van der Waals surface area contributed by atoms with Crippen LogP contribution in [0.25, 0.3) is 10.9 Å². The number of aromatic nitrogens is 1. The van der Waals surface area contributed by atoms with E-state index in [1.807, 2.05) is 78.9 Å². The van der Waals surface area contributed by atoms with Gasteiger partial charge in [-0.2, -0.15) is 0 Å². The Labute approximate surface area is 219 Å². The Hall–Kier alpha value is -5.10. The molecule has 0 saturated heterocycles. The fraction of sp³-hybridized carbons (Fsp3) is 0.0625. The van der Waals surface area contributed by atoms with Crippen LogP contribution in [0.3, 0.4) is 0 Å². The highest BCUT2D eigenvalue weighted by molar-refractivity contribution is 6.37. The third kappa shape index (κ3) is 3.92. The van der Waals surface area contributed by atoms with Gasteiger partial charge in [-0.3, -0.25) is 14.6 Å². The summed E-state index contributed by atoms with van der Waals surface area (Å²) in [5.41, 5.74) is 3.95. The van der Waals surface area contributed by atoms with E-state index < -0.39 is 23.9 Å². The van der Waals surface area contributed by atoms with Crippen molar-refractivity contribution in [1.29, 1.82) is 0 Å². The average molecular weight is 499 g/mol. The van der Waals surface area contributed by atoms with E-state index in [1.165, 1.54) is 6.07 Å². The molecule has 0 atom stereocenters. The van der Waals surface area contributed by atoms with Gasteiger partial charge in [-0.25, -0.2) is 9.69 Å². The summed E-state index contributed by atoms with van der Waals surface area (Å²) in [6.45, 7) is 1.72. The van der Waals surface area contributed by atoms with E-state index in [0.717, 1.165) is 16.0 Å². The Bertz CT molecular complexity index is 1680. The lowest BCUT2D eigenvalue weighted by molar-refractivity contribution is 0.0377. The minimum absolute atomic E-state index is 0.232. The zero-order chi connectivity index (χ0) is 26.2. The number of carbonyl (C=O) groups is 3. The zero-order valence-corrected chi connectivity index (χ0v) is 20.5. The Morgan fingerprint density at radius 1 is 0.737 bits per heavy atom. The predicted molar refractivity (Wildman–Crippen MR) is 144 cm³/mol. The molecular formula is C32H22N2O4. The predicted octanol–water partition coefficient (Wildman–Crippen LogP) is 6.29. The second-order valence-corrected chi connectivity index (χ2v) is 9.07. The Kier molecular flexibility index (Phi) is 5.77. The molecule has 38 heavy (non-hydrogen) atoms. The van der Waals surface area contributed by atoms with Crippen molar-refractivity contribution in [3.05, 3.63) is 143 Å². The van der Waals surface area contributed by atoms with Crippen molar-refractivity contribution in [3.63, 3.8) is 0 Å². The quantitative estimate of drug-likeness (QED) is 0.210. The largest absolute Gasteiger partial charge is 0.449 e. The number of rotatable bonds is 5. The van der Waals surface area contributed by atoms with Gasteiger partial charge >= 0.3 is 5.97 Å². The molecule has 6 heteroatoms. The number of aryl methyl sites for hydroxylation is 1. The van der Waals surface area contributed by atoms with Gasteiger partial charge < -0.3 is 4.74 Å². The molecule has 1 aliphatic rings. The topological polar surface area (TPSA) is 76.6 Å². The van der Waals surface area contributed by atoms with Gasteiger partial charge in [0.1, 0.15) is 0 Å². The molecule has 2 amide bonds. The lowest BCUT2D eigenvalue weighted by atomic mass is 10.0. The number of anilines is 1. The first kappa shape index (κ1) is 23.3. The number of amides is 2. The van der Waals surface area contributed by atoms with Gasteiger partial charge in [0.15, 0.2) is 6.10 Å². The summed E-state index contributed by atoms with van der Waals surface area (Å²) in [6.07, 6.45) is -0.618. The molecule has 6 rings (SSSR count). The number of hydrogen-bond donors (Lipinski definition) is 0. The van der Waals surface area contributed by atoms with Crippen LogP contribution < -0.4 is 4.90 Å². The fourth-order valence-corrected chi connectivity index (χ4v) is 4.90. The fourth-order valence-electron chi connectivity index (χ4n) is 4.90. The van der Waals surface area contributed by atoms with E-state index in [9.17, 15) is 14.4 Å². The minimum atomic E-state index is -0.618. The molecule has 5 aromatic rings. The summed E-state index contributed by atoms with van der Waals surface area (Å²) in [6, 6.07) is 32.6. The van der Waals surface area contributed by atoms with Crippen LogP contribution in [-0.2, 0) is 4.74 Å². The van der Waals surface area contributed by atoms with Crippen LogP contribution in [0.15, 0.2) is 109 Å². The monoisotopic (exact) mass is 498 g/mol. The second kappa shape index (κ2) is 9.41. The van der Waals surface area contributed by atoms with E-state index in [0.29, 0.717) is 27.8 Å². The summed E-state index contributed by atoms with van der Waals surface area (Å²) >= 11 is 0. The Morgan fingerprint density at radius 2 is 1.34 bits per heavy atom. The van der Waals surface area contributed by atoms with E-state index in [4.69, 9.17) is 4.74 Å². The van der Waals surface area contributed by atoms with Crippen molar-refractivity contribution < 1.29 is 19.1 Å². The van der Waals surface area contributed by atoms with Crippen molar-refractivity contribution >= 4 is 34.4 Å². The van der Waals surface area contributed by atoms with Crippen LogP contribution in [0.5, 0.6) is 0 Å². The van der Waals surface area contributed by atoms with Gasteiger partial charge in [0, 0.05) is 5.39 Å². The first-order valence-corrected chi connectivity index (χ1v) is 12.2. The van der Waals surface area contributed by atoms with Crippen molar-refractivity contribution in [1.82, 2.24) is 4.98 Å². The molecule has 6 nitrogen and oxygen atoms in total. The Morgan fingerprint density at radius 3 is 2.03 bits per heavy atom. The number of hydrogen-bond acceptors (Lipinski definition) is 5. The van der Waals surface area contributed by atoms with Crippen molar-refractivity contribution in [2.45, 2.75) is 13.0 Å². The van der Waals surface area contributed by atoms with Crippen LogP contribution in [0, 0.1) is 6.92 Å². The highest BCUT2D eigenvalue weighted by atomic mass is 16.5. The van der Waals surface area contributed by atoms with Crippen molar-refractivity contribution in [3.8, 4) is 0 Å². The molecule has 0 saturated carbocycles. The normalized spacial score (nSPS) is 12.7. The van der Waals surface area contributed by atoms with Gasteiger partial charge in [-0.05, 0) is 42.3 Å². The summed E-state index contributed by atoms with van der Waals surface area (Å²) in [5.74, 6) is -1.47. The molecule has 0 radical (unpaired) electrons. The number of para-hydroxylation sites is 1. The molecule has 0 fully saturated rings. The molecule has 0 N–H and O–H groups in total. The van der Waals surface area contributed by atoms with Crippen molar-refractivity contribution in [2.75, 3.05) is 4.90 Å². The highest BCUT2D eigenvalue weighted by Gasteiger charge is 2.40. The molecule has 4 aromatic carbocycles. The number of ether oxygens (including phenoxy) is 1. The summed E-state index contributed by atoms with van der Waals surface area (Å²) in [4.78, 5) is 46.0. The molecule has 0 unspecified atom stereocenters. The van der Waals surface area contributed by atoms with E-state index in [-0.39, 0.29) is 11.1 Å². The van der Waals surface area contributed by atoms with Crippen LogP contribution >= 0.6 is 0 Å². The molecule has 0 bridgehead atoms. The average Bonchev–Trinajstić information content (AvgIpc) is 3.23. The number of nitrogens with zero attached hydrogens (tertiary/aromatic N) is 2. The number of pyridine rings is 1. The first-order valence-electron chi connectivity index (χ1n) is 12.2. The highest BCUT2D eigenvalue weighted by Crippen LogP contribution is 2.35. The maximum absolute atomic E-state index is 13.6. The Balaban J connectivity index is 1.35. The van der Waals surface area contributed by atoms with Gasteiger partial charge in [0.05, 0.1) is 33.6 Å². The number of benzene rings is 4.